The van der Waals surface area contributed by atoms with Crippen LogP contribution in [0.5, 0.6) is 5.75 Å². The highest BCUT2D eigenvalue weighted by Gasteiger charge is 2.09. The fourth-order valence-corrected chi connectivity index (χ4v) is 2.32. The number of nitrogens with zero attached hydrogens (tertiary/aromatic N) is 1. The van der Waals surface area contributed by atoms with Gasteiger partial charge in [-0.3, -0.25) is 0 Å². The summed E-state index contributed by atoms with van der Waals surface area (Å²) in [6.07, 6.45) is 0.880. The molecule has 0 spiro atoms. The first kappa shape index (κ1) is 14.2. The number of nitrogens with two attached hydrogens (primary N) is 1. The molecule has 0 aliphatic rings. The van der Waals surface area contributed by atoms with Crippen molar-refractivity contribution in [2.45, 2.75) is 20.0 Å². The van der Waals surface area contributed by atoms with E-state index >= 15 is 0 Å². The predicted molar refractivity (Wildman–Crippen MR) is 86.5 cm³/mol. The van der Waals surface area contributed by atoms with Crippen LogP contribution in [-0.2, 0) is 13.0 Å². The molecule has 1 aromatic heterocycles. The Morgan fingerprint density at radius 1 is 1.09 bits per heavy atom. The number of aromatic nitrogens is 1. The number of aryl methyl sites for hydroxylation is 1. The van der Waals surface area contributed by atoms with Crippen molar-refractivity contribution in [1.82, 2.24) is 5.16 Å². The first-order chi connectivity index (χ1) is 10.8. The number of benzene rings is 2. The van der Waals surface area contributed by atoms with Gasteiger partial charge in [0.25, 0.3) is 0 Å². The molecule has 0 saturated carbocycles. The maximum atomic E-state index is 5.94. The van der Waals surface area contributed by atoms with Crippen molar-refractivity contribution in [3.8, 4) is 17.0 Å². The van der Waals surface area contributed by atoms with E-state index in [0.717, 1.165) is 34.6 Å². The summed E-state index contributed by atoms with van der Waals surface area (Å²) >= 11 is 0. The van der Waals surface area contributed by atoms with E-state index in [1.165, 1.54) is 0 Å². The predicted octanol–water partition coefficient (Wildman–Crippen LogP) is 4.07. The third kappa shape index (κ3) is 3.11. The molecule has 0 aliphatic carbocycles. The number of hydrogen-bond donors (Lipinski definition) is 1. The molecule has 2 N–H and O–H groups in total. The van der Waals surface area contributed by atoms with Crippen LogP contribution in [0.4, 0.5) is 5.88 Å². The summed E-state index contributed by atoms with van der Waals surface area (Å²) in [5.41, 5.74) is 9.57. The van der Waals surface area contributed by atoms with Gasteiger partial charge < -0.3 is 15.0 Å². The van der Waals surface area contributed by atoms with Gasteiger partial charge in [-0.15, -0.1) is 0 Å². The van der Waals surface area contributed by atoms with Crippen molar-refractivity contribution < 1.29 is 9.26 Å². The second-order valence-corrected chi connectivity index (χ2v) is 5.06. The molecule has 4 nitrogen and oxygen atoms in total. The number of nitrogen functional groups attached to an aromatic ring is 1. The zero-order valence-electron chi connectivity index (χ0n) is 12.5. The van der Waals surface area contributed by atoms with E-state index in [1.807, 2.05) is 30.3 Å². The minimum absolute atomic E-state index is 0.317. The summed E-state index contributed by atoms with van der Waals surface area (Å²) < 4.78 is 10.9. The van der Waals surface area contributed by atoms with Crippen LogP contribution in [0.15, 0.2) is 59.1 Å². The van der Waals surface area contributed by atoms with Gasteiger partial charge in [0.2, 0.25) is 5.88 Å². The standard InChI is InChI=1S/C18H18N2O2/c1-2-14-10-15(16-11-18(19)22-20-16)8-9-17(14)21-12-13-6-4-3-5-7-13/h3-11H,2,12,19H2,1H3. The van der Waals surface area contributed by atoms with Crippen molar-refractivity contribution in [2.75, 3.05) is 5.73 Å². The van der Waals surface area contributed by atoms with Crippen LogP contribution in [-0.4, -0.2) is 5.16 Å². The molecule has 0 unspecified atom stereocenters. The van der Waals surface area contributed by atoms with Crippen LogP contribution >= 0.6 is 0 Å². The van der Waals surface area contributed by atoms with Gasteiger partial charge in [-0.1, -0.05) is 42.4 Å². The number of anilines is 1. The normalized spacial score (nSPS) is 10.6. The molecule has 1 heterocycles. The van der Waals surface area contributed by atoms with Crippen LogP contribution in [0.25, 0.3) is 11.3 Å². The van der Waals surface area contributed by atoms with Gasteiger partial charge in [0.15, 0.2) is 0 Å². The van der Waals surface area contributed by atoms with Gasteiger partial charge in [0.1, 0.15) is 18.1 Å². The molecule has 0 atom stereocenters. The van der Waals surface area contributed by atoms with E-state index in [1.54, 1.807) is 6.07 Å². The first-order valence-electron chi connectivity index (χ1n) is 7.28. The smallest absolute Gasteiger partial charge is 0.222 e. The molecule has 22 heavy (non-hydrogen) atoms. The zero-order chi connectivity index (χ0) is 15.4. The van der Waals surface area contributed by atoms with Gasteiger partial charge in [-0.25, -0.2) is 0 Å². The summed E-state index contributed by atoms with van der Waals surface area (Å²) in [6, 6.07) is 17.9. The Morgan fingerprint density at radius 3 is 2.59 bits per heavy atom. The summed E-state index contributed by atoms with van der Waals surface area (Å²) in [6.45, 7) is 2.66. The second kappa shape index (κ2) is 6.35. The molecule has 4 heteroatoms. The number of ether oxygens (including phenoxy) is 1. The van der Waals surface area contributed by atoms with Crippen molar-refractivity contribution in [3.63, 3.8) is 0 Å². The van der Waals surface area contributed by atoms with Gasteiger partial charge in [0.05, 0.1) is 0 Å². The highest BCUT2D eigenvalue weighted by Crippen LogP contribution is 2.28. The quantitative estimate of drug-likeness (QED) is 0.770. The Kier molecular flexibility index (Phi) is 4.10. The molecule has 2 aromatic carbocycles. The SMILES string of the molecule is CCc1cc(-c2cc(N)on2)ccc1OCc1ccccc1. The summed E-state index contributed by atoms with van der Waals surface area (Å²) in [5, 5.41) is 3.94. The molecule has 0 aliphatic heterocycles. The molecule has 112 valence electrons. The van der Waals surface area contributed by atoms with Crippen LogP contribution < -0.4 is 10.5 Å². The van der Waals surface area contributed by atoms with Gasteiger partial charge in [-0.2, -0.15) is 0 Å². The van der Waals surface area contributed by atoms with Crippen molar-refractivity contribution in [2.24, 2.45) is 0 Å². The lowest BCUT2D eigenvalue weighted by molar-refractivity contribution is 0.303. The lowest BCUT2D eigenvalue weighted by Crippen LogP contribution is -1.98. The molecule has 0 amide bonds. The molecule has 0 radical (unpaired) electrons. The summed E-state index contributed by atoms with van der Waals surface area (Å²) in [7, 11) is 0. The van der Waals surface area contributed by atoms with Crippen molar-refractivity contribution in [1.29, 1.82) is 0 Å². The van der Waals surface area contributed by atoms with Crippen LogP contribution in [0.3, 0.4) is 0 Å². The fourth-order valence-electron chi connectivity index (χ4n) is 2.32. The van der Waals surface area contributed by atoms with Crippen LogP contribution in [0.1, 0.15) is 18.1 Å². The maximum absolute atomic E-state index is 5.94. The minimum atomic E-state index is 0.317. The van der Waals surface area contributed by atoms with E-state index in [0.29, 0.717) is 12.5 Å². The average molecular weight is 294 g/mol. The molecule has 3 aromatic rings. The third-order valence-electron chi connectivity index (χ3n) is 3.50. The van der Waals surface area contributed by atoms with Crippen molar-refractivity contribution >= 4 is 5.88 Å². The average Bonchev–Trinajstić information content (AvgIpc) is 3.00. The van der Waals surface area contributed by atoms with E-state index in [9.17, 15) is 0 Å². The van der Waals surface area contributed by atoms with Gasteiger partial charge in [0, 0.05) is 11.6 Å². The van der Waals surface area contributed by atoms with E-state index < -0.39 is 0 Å². The summed E-state index contributed by atoms with van der Waals surface area (Å²) in [4.78, 5) is 0. The topological polar surface area (TPSA) is 61.3 Å². The Hall–Kier alpha value is -2.75. The highest BCUT2D eigenvalue weighted by molar-refractivity contribution is 5.63. The largest absolute Gasteiger partial charge is 0.489 e. The second-order valence-electron chi connectivity index (χ2n) is 5.06. The number of rotatable bonds is 5. The maximum Gasteiger partial charge on any atom is 0.222 e. The minimum Gasteiger partial charge on any atom is -0.489 e. The monoisotopic (exact) mass is 294 g/mol. The van der Waals surface area contributed by atoms with Gasteiger partial charge >= 0.3 is 0 Å². The molecular formula is C18H18N2O2. The Labute approximate surface area is 129 Å². The molecular weight excluding hydrogens is 276 g/mol. The number of hydrogen-bond acceptors (Lipinski definition) is 4. The zero-order valence-corrected chi connectivity index (χ0v) is 12.5. The van der Waals surface area contributed by atoms with Crippen LogP contribution in [0, 0.1) is 0 Å². The molecule has 0 fully saturated rings. The van der Waals surface area contributed by atoms with Crippen LogP contribution in [0.2, 0.25) is 0 Å². The lowest BCUT2D eigenvalue weighted by Gasteiger charge is -2.11. The van der Waals surface area contributed by atoms with Crippen molar-refractivity contribution in [3.05, 3.63) is 65.7 Å². The molecule has 0 saturated heterocycles. The highest BCUT2D eigenvalue weighted by atomic mass is 16.5. The Balaban J connectivity index is 1.80. The van der Waals surface area contributed by atoms with E-state index in [4.69, 9.17) is 15.0 Å². The Morgan fingerprint density at radius 2 is 1.91 bits per heavy atom. The van der Waals surface area contributed by atoms with Gasteiger partial charge in [-0.05, 0) is 35.7 Å². The lowest BCUT2D eigenvalue weighted by atomic mass is 10.1. The molecule has 0 bridgehead atoms. The van der Waals surface area contributed by atoms with E-state index in [2.05, 4.69) is 30.3 Å². The Bertz CT molecular complexity index is 751. The molecule has 3 rings (SSSR count). The third-order valence-corrected chi connectivity index (χ3v) is 3.50. The van der Waals surface area contributed by atoms with E-state index in [-0.39, 0.29) is 0 Å². The first-order valence-corrected chi connectivity index (χ1v) is 7.28. The summed E-state index contributed by atoms with van der Waals surface area (Å²) in [5.74, 6) is 1.21. The fraction of sp³-hybridized carbons (Fsp3) is 0.167.